The van der Waals surface area contributed by atoms with Gasteiger partial charge in [-0.1, -0.05) is 6.07 Å². The second kappa shape index (κ2) is 3.59. The van der Waals surface area contributed by atoms with Crippen LogP contribution in [0.2, 0.25) is 0 Å². The molecule has 2 N–H and O–H groups in total. The lowest BCUT2D eigenvalue weighted by Crippen LogP contribution is -2.18. The number of carbonyl (C=O) groups is 1. The molecule has 66 valence electrons. The molecule has 0 spiro atoms. The Morgan fingerprint density at radius 1 is 1.62 bits per heavy atom. The van der Waals surface area contributed by atoms with Crippen molar-refractivity contribution in [3.8, 4) is 11.8 Å². The first-order valence-electron chi connectivity index (χ1n) is 3.65. The van der Waals surface area contributed by atoms with Gasteiger partial charge in [0.05, 0.1) is 5.56 Å². The fraction of sp³-hybridized carbons (Fsp3) is 0.111. The van der Waals surface area contributed by atoms with Crippen molar-refractivity contribution in [3.05, 3.63) is 29.3 Å². The fourth-order valence-electron chi connectivity index (χ4n) is 0.982. The molecule has 13 heavy (non-hydrogen) atoms. The average Bonchev–Trinajstić information content (AvgIpc) is 2.16. The van der Waals surface area contributed by atoms with Gasteiger partial charge >= 0.3 is 0 Å². The number of nitriles is 1. The summed E-state index contributed by atoms with van der Waals surface area (Å²) < 4.78 is 0. The Labute approximate surface area is 75.4 Å². The minimum atomic E-state index is -0.382. The molecule has 0 aliphatic rings. The molecule has 0 aliphatic heterocycles. The molecule has 4 nitrogen and oxygen atoms in total. The quantitative estimate of drug-likeness (QED) is 0.658. The first-order chi connectivity index (χ1) is 6.20. The highest BCUT2D eigenvalue weighted by molar-refractivity contribution is 5.97. The second-order valence-corrected chi connectivity index (χ2v) is 2.39. The monoisotopic (exact) mass is 176 g/mol. The smallest absolute Gasteiger partial charge is 0.252 e. The van der Waals surface area contributed by atoms with Gasteiger partial charge in [-0.15, -0.1) is 0 Å². The number of hydrogen-bond acceptors (Lipinski definition) is 3. The number of rotatable bonds is 1. The Hall–Kier alpha value is -2.02. The zero-order valence-electron chi connectivity index (χ0n) is 7.03. The van der Waals surface area contributed by atoms with Crippen LogP contribution in [0.15, 0.2) is 18.2 Å². The molecule has 1 aromatic carbocycles. The summed E-state index contributed by atoms with van der Waals surface area (Å²) in [6, 6.07) is 6.13. The lowest BCUT2D eigenvalue weighted by Gasteiger charge is -2.02. The van der Waals surface area contributed by atoms with Gasteiger partial charge in [-0.25, -0.2) is 0 Å². The lowest BCUT2D eigenvalue weighted by atomic mass is 10.1. The van der Waals surface area contributed by atoms with Gasteiger partial charge in [0, 0.05) is 7.05 Å². The van der Waals surface area contributed by atoms with Crippen LogP contribution in [-0.2, 0) is 0 Å². The van der Waals surface area contributed by atoms with Crippen molar-refractivity contribution >= 4 is 5.91 Å². The first-order valence-corrected chi connectivity index (χ1v) is 3.65. The number of hydrogen-bond donors (Lipinski definition) is 2. The van der Waals surface area contributed by atoms with Gasteiger partial charge in [0.25, 0.3) is 5.91 Å². The topological polar surface area (TPSA) is 73.1 Å². The van der Waals surface area contributed by atoms with E-state index in [0.29, 0.717) is 0 Å². The van der Waals surface area contributed by atoms with Crippen LogP contribution in [0.25, 0.3) is 0 Å². The molecule has 0 aliphatic carbocycles. The van der Waals surface area contributed by atoms with Crippen molar-refractivity contribution in [1.29, 1.82) is 5.26 Å². The zero-order valence-corrected chi connectivity index (χ0v) is 7.03. The van der Waals surface area contributed by atoms with Crippen molar-refractivity contribution in [1.82, 2.24) is 5.32 Å². The summed E-state index contributed by atoms with van der Waals surface area (Å²) in [5.41, 5.74) is 0.187. The van der Waals surface area contributed by atoms with Gasteiger partial charge in [0.2, 0.25) is 0 Å². The molecule has 4 heteroatoms. The second-order valence-electron chi connectivity index (χ2n) is 2.39. The summed E-state index contributed by atoms with van der Waals surface area (Å²) in [7, 11) is 1.47. The van der Waals surface area contributed by atoms with E-state index in [1.165, 1.54) is 25.2 Å². The van der Waals surface area contributed by atoms with Crippen LogP contribution in [0.1, 0.15) is 15.9 Å². The van der Waals surface area contributed by atoms with Crippen LogP contribution in [0, 0.1) is 11.3 Å². The third-order valence-corrected chi connectivity index (χ3v) is 1.63. The number of benzene rings is 1. The maximum absolute atomic E-state index is 11.2. The van der Waals surface area contributed by atoms with E-state index in [4.69, 9.17) is 5.26 Å². The van der Waals surface area contributed by atoms with E-state index in [1.54, 1.807) is 6.07 Å². The van der Waals surface area contributed by atoms with E-state index < -0.39 is 0 Å². The predicted molar refractivity (Wildman–Crippen MR) is 46.2 cm³/mol. The zero-order chi connectivity index (χ0) is 9.84. The van der Waals surface area contributed by atoms with Crippen molar-refractivity contribution in [2.24, 2.45) is 0 Å². The standard InChI is InChI=1S/C9H8N2O2/c1-11-9(13)6-3-2-4-8(12)7(6)5-10/h2-4,12H,1H3,(H,11,13). The van der Waals surface area contributed by atoms with Gasteiger partial charge in [0.1, 0.15) is 17.4 Å². The van der Waals surface area contributed by atoms with Crippen LogP contribution < -0.4 is 5.32 Å². The Morgan fingerprint density at radius 3 is 2.85 bits per heavy atom. The molecule has 1 aromatic rings. The number of aromatic hydroxyl groups is 1. The fourth-order valence-corrected chi connectivity index (χ4v) is 0.982. The largest absolute Gasteiger partial charge is 0.507 e. The molecule has 0 saturated carbocycles. The highest BCUT2D eigenvalue weighted by atomic mass is 16.3. The number of phenolic OH excluding ortho intramolecular Hbond substituents is 1. The first kappa shape index (κ1) is 9.07. The van der Waals surface area contributed by atoms with E-state index in [9.17, 15) is 9.90 Å². The van der Waals surface area contributed by atoms with Crippen molar-refractivity contribution in [3.63, 3.8) is 0 Å². The van der Waals surface area contributed by atoms with E-state index in [2.05, 4.69) is 5.32 Å². The van der Waals surface area contributed by atoms with Crippen LogP contribution in [0.3, 0.4) is 0 Å². The van der Waals surface area contributed by atoms with Crippen LogP contribution in [0.5, 0.6) is 5.75 Å². The normalized spacial score (nSPS) is 8.92. The van der Waals surface area contributed by atoms with Crippen LogP contribution >= 0.6 is 0 Å². The molecular formula is C9H8N2O2. The molecule has 0 saturated heterocycles. The summed E-state index contributed by atoms with van der Waals surface area (Å²) in [6.45, 7) is 0. The number of amides is 1. The highest BCUT2D eigenvalue weighted by Gasteiger charge is 2.12. The summed E-state index contributed by atoms with van der Waals surface area (Å²) in [5.74, 6) is -0.559. The van der Waals surface area contributed by atoms with E-state index in [-0.39, 0.29) is 22.8 Å². The third-order valence-electron chi connectivity index (χ3n) is 1.63. The molecule has 0 fully saturated rings. The maximum atomic E-state index is 11.2. The van der Waals surface area contributed by atoms with E-state index in [1.807, 2.05) is 0 Å². The van der Waals surface area contributed by atoms with Crippen molar-refractivity contribution in [2.75, 3.05) is 7.05 Å². The Balaban J connectivity index is 3.30. The van der Waals surface area contributed by atoms with Crippen molar-refractivity contribution in [2.45, 2.75) is 0 Å². The minimum absolute atomic E-state index is 0.00171. The molecule has 1 amide bonds. The summed E-state index contributed by atoms with van der Waals surface area (Å²) in [6.07, 6.45) is 0. The van der Waals surface area contributed by atoms with Crippen molar-refractivity contribution < 1.29 is 9.90 Å². The SMILES string of the molecule is CNC(=O)c1cccc(O)c1C#N. The molecule has 0 radical (unpaired) electrons. The highest BCUT2D eigenvalue weighted by Crippen LogP contribution is 2.19. The molecule has 0 aromatic heterocycles. The maximum Gasteiger partial charge on any atom is 0.252 e. The molecule has 0 atom stereocenters. The van der Waals surface area contributed by atoms with Crippen LogP contribution in [-0.4, -0.2) is 18.1 Å². The Morgan fingerprint density at radius 2 is 2.31 bits per heavy atom. The Bertz CT molecular complexity index is 380. The molecule has 1 rings (SSSR count). The van der Waals surface area contributed by atoms with Gasteiger partial charge in [-0.05, 0) is 12.1 Å². The molecule has 0 unspecified atom stereocenters. The molecule has 0 heterocycles. The average molecular weight is 176 g/mol. The van der Waals surface area contributed by atoms with E-state index in [0.717, 1.165) is 0 Å². The lowest BCUT2D eigenvalue weighted by molar-refractivity contribution is 0.0962. The number of nitrogens with zero attached hydrogens (tertiary/aromatic N) is 1. The summed E-state index contributed by atoms with van der Waals surface area (Å²) in [4.78, 5) is 11.2. The number of carbonyl (C=O) groups excluding carboxylic acids is 1. The summed E-state index contributed by atoms with van der Waals surface area (Å²) in [5, 5.41) is 20.3. The Kier molecular flexibility index (Phi) is 2.50. The summed E-state index contributed by atoms with van der Waals surface area (Å²) >= 11 is 0. The number of nitrogens with one attached hydrogen (secondary N) is 1. The van der Waals surface area contributed by atoms with E-state index >= 15 is 0 Å². The molecule has 0 bridgehead atoms. The van der Waals surface area contributed by atoms with Gasteiger partial charge in [0.15, 0.2) is 0 Å². The molecular weight excluding hydrogens is 168 g/mol. The van der Waals surface area contributed by atoms with Crippen LogP contribution in [0.4, 0.5) is 0 Å². The van der Waals surface area contributed by atoms with Gasteiger partial charge in [-0.2, -0.15) is 5.26 Å². The minimum Gasteiger partial charge on any atom is -0.507 e. The number of phenols is 1. The third kappa shape index (κ3) is 1.59. The van der Waals surface area contributed by atoms with Gasteiger partial charge < -0.3 is 10.4 Å². The predicted octanol–water partition coefficient (Wildman–Crippen LogP) is 0.623. The van der Waals surface area contributed by atoms with Gasteiger partial charge in [-0.3, -0.25) is 4.79 Å².